The van der Waals surface area contributed by atoms with Crippen molar-refractivity contribution >= 4 is 18.5 Å². The molecule has 0 radical (unpaired) electrons. The SMILES string of the molecule is Cc1cc(C(=O)NCCS)no1. The van der Waals surface area contributed by atoms with Crippen LogP contribution in [0.25, 0.3) is 0 Å². The molecule has 12 heavy (non-hydrogen) atoms. The van der Waals surface area contributed by atoms with Crippen molar-refractivity contribution in [3.63, 3.8) is 0 Å². The third kappa shape index (κ3) is 2.27. The summed E-state index contributed by atoms with van der Waals surface area (Å²) in [4.78, 5) is 11.1. The van der Waals surface area contributed by atoms with Gasteiger partial charge in [-0.25, -0.2) is 0 Å². The van der Waals surface area contributed by atoms with E-state index in [1.807, 2.05) is 0 Å². The highest BCUT2D eigenvalue weighted by molar-refractivity contribution is 7.80. The van der Waals surface area contributed by atoms with Crippen LogP contribution in [0.1, 0.15) is 16.2 Å². The van der Waals surface area contributed by atoms with Gasteiger partial charge in [-0.05, 0) is 6.92 Å². The van der Waals surface area contributed by atoms with Crippen LogP contribution in [0.5, 0.6) is 0 Å². The second-order valence-corrected chi connectivity index (χ2v) is 2.75. The molecule has 1 aromatic rings. The van der Waals surface area contributed by atoms with E-state index in [4.69, 9.17) is 4.52 Å². The average molecular weight is 186 g/mol. The second-order valence-electron chi connectivity index (χ2n) is 2.30. The van der Waals surface area contributed by atoms with E-state index in [9.17, 15) is 4.79 Å². The summed E-state index contributed by atoms with van der Waals surface area (Å²) < 4.78 is 4.74. The molecule has 0 aliphatic rings. The number of carbonyl (C=O) groups is 1. The Hall–Kier alpha value is -0.970. The lowest BCUT2D eigenvalue weighted by atomic mass is 10.3. The topological polar surface area (TPSA) is 55.1 Å². The van der Waals surface area contributed by atoms with E-state index in [1.54, 1.807) is 13.0 Å². The number of rotatable bonds is 3. The van der Waals surface area contributed by atoms with Crippen LogP contribution in [0, 0.1) is 6.92 Å². The Labute approximate surface area is 75.7 Å². The smallest absolute Gasteiger partial charge is 0.273 e. The minimum absolute atomic E-state index is 0.221. The summed E-state index contributed by atoms with van der Waals surface area (Å²) >= 11 is 3.95. The number of carbonyl (C=O) groups excluding carboxylic acids is 1. The largest absolute Gasteiger partial charge is 0.361 e. The van der Waals surface area contributed by atoms with Crippen molar-refractivity contribution in [2.75, 3.05) is 12.3 Å². The fourth-order valence-electron chi connectivity index (χ4n) is 0.733. The zero-order valence-corrected chi connectivity index (χ0v) is 7.60. The van der Waals surface area contributed by atoms with Gasteiger partial charge in [-0.15, -0.1) is 0 Å². The molecule has 0 atom stereocenters. The van der Waals surface area contributed by atoms with Crippen molar-refractivity contribution in [2.24, 2.45) is 0 Å². The van der Waals surface area contributed by atoms with Crippen molar-refractivity contribution in [1.82, 2.24) is 10.5 Å². The molecule has 1 N–H and O–H groups in total. The highest BCUT2D eigenvalue weighted by atomic mass is 32.1. The zero-order valence-electron chi connectivity index (χ0n) is 6.70. The lowest BCUT2D eigenvalue weighted by molar-refractivity contribution is 0.0947. The molecule has 0 saturated heterocycles. The van der Waals surface area contributed by atoms with Crippen LogP contribution < -0.4 is 5.32 Å². The number of hydrogen-bond acceptors (Lipinski definition) is 4. The fourth-order valence-corrected chi connectivity index (χ4v) is 0.845. The average Bonchev–Trinajstić information content (AvgIpc) is 2.47. The molecule has 1 rings (SSSR count). The molecule has 66 valence electrons. The molecule has 0 fully saturated rings. The number of aromatic nitrogens is 1. The molecule has 5 heteroatoms. The van der Waals surface area contributed by atoms with Gasteiger partial charge in [0.2, 0.25) is 0 Å². The van der Waals surface area contributed by atoms with E-state index in [0.717, 1.165) is 0 Å². The van der Waals surface area contributed by atoms with Crippen LogP contribution >= 0.6 is 12.6 Å². The van der Waals surface area contributed by atoms with Crippen molar-refractivity contribution < 1.29 is 9.32 Å². The van der Waals surface area contributed by atoms with Gasteiger partial charge in [-0.1, -0.05) is 5.16 Å². The van der Waals surface area contributed by atoms with Crippen molar-refractivity contribution in [3.8, 4) is 0 Å². The van der Waals surface area contributed by atoms with Gasteiger partial charge in [0.15, 0.2) is 5.69 Å². The molecule has 0 bridgehead atoms. The Morgan fingerprint density at radius 1 is 1.83 bits per heavy atom. The Morgan fingerprint density at radius 3 is 3.08 bits per heavy atom. The van der Waals surface area contributed by atoms with Crippen molar-refractivity contribution in [3.05, 3.63) is 17.5 Å². The van der Waals surface area contributed by atoms with Crippen LogP contribution in [0.15, 0.2) is 10.6 Å². The maximum atomic E-state index is 11.1. The first-order valence-electron chi connectivity index (χ1n) is 3.56. The first-order chi connectivity index (χ1) is 5.74. The Bertz CT molecular complexity index is 272. The fraction of sp³-hybridized carbons (Fsp3) is 0.429. The molecular weight excluding hydrogens is 176 g/mol. The zero-order chi connectivity index (χ0) is 8.97. The van der Waals surface area contributed by atoms with Crippen LogP contribution in [0.3, 0.4) is 0 Å². The minimum Gasteiger partial charge on any atom is -0.361 e. The normalized spacial score (nSPS) is 9.83. The molecule has 0 aliphatic heterocycles. The van der Waals surface area contributed by atoms with Gasteiger partial charge < -0.3 is 9.84 Å². The van der Waals surface area contributed by atoms with Crippen LogP contribution in [-0.4, -0.2) is 23.4 Å². The van der Waals surface area contributed by atoms with E-state index < -0.39 is 0 Å². The van der Waals surface area contributed by atoms with Gasteiger partial charge in [0.1, 0.15) is 5.76 Å². The molecule has 0 saturated carbocycles. The highest BCUT2D eigenvalue weighted by Crippen LogP contribution is 2.00. The molecule has 1 aromatic heterocycles. The predicted molar refractivity (Wildman–Crippen MR) is 47.4 cm³/mol. The van der Waals surface area contributed by atoms with Gasteiger partial charge in [0.25, 0.3) is 5.91 Å². The van der Waals surface area contributed by atoms with Gasteiger partial charge in [0, 0.05) is 18.4 Å². The lowest BCUT2D eigenvalue weighted by Crippen LogP contribution is -2.25. The Kier molecular flexibility index (Phi) is 3.16. The third-order valence-electron chi connectivity index (χ3n) is 1.26. The van der Waals surface area contributed by atoms with Crippen LogP contribution in [-0.2, 0) is 0 Å². The van der Waals surface area contributed by atoms with Crippen LogP contribution in [0.4, 0.5) is 0 Å². The second kappa shape index (κ2) is 4.15. The molecule has 0 spiro atoms. The van der Waals surface area contributed by atoms with Crippen molar-refractivity contribution in [1.29, 1.82) is 0 Å². The number of nitrogens with zero attached hydrogens (tertiary/aromatic N) is 1. The third-order valence-corrected chi connectivity index (χ3v) is 1.48. The Morgan fingerprint density at radius 2 is 2.58 bits per heavy atom. The number of hydrogen-bond donors (Lipinski definition) is 2. The molecule has 1 amide bonds. The number of amides is 1. The van der Waals surface area contributed by atoms with E-state index in [2.05, 4.69) is 23.1 Å². The summed E-state index contributed by atoms with van der Waals surface area (Å²) in [7, 11) is 0. The van der Waals surface area contributed by atoms with Crippen molar-refractivity contribution in [2.45, 2.75) is 6.92 Å². The van der Waals surface area contributed by atoms with Gasteiger partial charge in [0.05, 0.1) is 0 Å². The molecular formula is C7H10N2O2S. The Balaban J connectivity index is 2.53. The van der Waals surface area contributed by atoms with Crippen LogP contribution in [0.2, 0.25) is 0 Å². The van der Waals surface area contributed by atoms with E-state index in [0.29, 0.717) is 23.8 Å². The molecule has 0 aromatic carbocycles. The quantitative estimate of drug-likeness (QED) is 0.681. The maximum absolute atomic E-state index is 11.1. The summed E-state index contributed by atoms with van der Waals surface area (Å²) in [5.74, 6) is 1.02. The minimum atomic E-state index is -0.221. The summed E-state index contributed by atoms with van der Waals surface area (Å²) in [5, 5.41) is 6.18. The number of aryl methyl sites for hydroxylation is 1. The first kappa shape index (κ1) is 9.12. The molecule has 1 heterocycles. The summed E-state index contributed by atoms with van der Waals surface area (Å²) in [5.41, 5.74) is 0.314. The van der Waals surface area contributed by atoms with Gasteiger partial charge in [-0.2, -0.15) is 12.6 Å². The molecule has 0 aliphatic carbocycles. The van der Waals surface area contributed by atoms with E-state index in [-0.39, 0.29) is 5.91 Å². The highest BCUT2D eigenvalue weighted by Gasteiger charge is 2.08. The van der Waals surface area contributed by atoms with Gasteiger partial charge >= 0.3 is 0 Å². The number of thiol groups is 1. The first-order valence-corrected chi connectivity index (χ1v) is 4.19. The predicted octanol–water partition coefficient (Wildman–Crippen LogP) is 0.643. The van der Waals surface area contributed by atoms with Gasteiger partial charge in [-0.3, -0.25) is 4.79 Å². The number of nitrogens with one attached hydrogen (secondary N) is 1. The molecule has 4 nitrogen and oxygen atoms in total. The molecule has 0 unspecified atom stereocenters. The summed E-state index contributed by atoms with van der Waals surface area (Å²) in [6, 6.07) is 1.59. The van der Waals surface area contributed by atoms with E-state index in [1.165, 1.54) is 0 Å². The van der Waals surface area contributed by atoms with E-state index >= 15 is 0 Å². The lowest BCUT2D eigenvalue weighted by Gasteiger charge is -1.96. The maximum Gasteiger partial charge on any atom is 0.273 e. The summed E-state index contributed by atoms with van der Waals surface area (Å²) in [6.07, 6.45) is 0. The standard InChI is InChI=1S/C7H10N2O2S/c1-5-4-6(9-11-5)7(10)8-2-3-12/h4,12H,2-3H2,1H3,(H,8,10). The summed E-state index contributed by atoms with van der Waals surface area (Å²) in [6.45, 7) is 2.27. The monoisotopic (exact) mass is 186 g/mol.